The zero-order valence-electron chi connectivity index (χ0n) is 17.2. The number of ether oxygens (including phenoxy) is 2. The van der Waals surface area contributed by atoms with Crippen LogP contribution in [0.2, 0.25) is 0 Å². The van der Waals surface area contributed by atoms with Gasteiger partial charge in [0, 0.05) is 46.4 Å². The van der Waals surface area contributed by atoms with Gasteiger partial charge in [0.1, 0.15) is 0 Å². The molecule has 1 unspecified atom stereocenters. The Morgan fingerprint density at radius 1 is 1.26 bits per heavy atom. The van der Waals surface area contributed by atoms with Crippen LogP contribution in [0.4, 0.5) is 0 Å². The van der Waals surface area contributed by atoms with Crippen molar-refractivity contribution < 1.29 is 9.47 Å². The van der Waals surface area contributed by atoms with Crippen LogP contribution in [0.15, 0.2) is 29.3 Å². The summed E-state index contributed by atoms with van der Waals surface area (Å²) in [5, 5.41) is 6.92. The highest BCUT2D eigenvalue weighted by atomic mass is 16.5. The molecule has 1 aromatic rings. The van der Waals surface area contributed by atoms with Gasteiger partial charge in [-0.1, -0.05) is 29.8 Å². The predicted molar refractivity (Wildman–Crippen MR) is 111 cm³/mol. The van der Waals surface area contributed by atoms with Crippen molar-refractivity contribution in [2.45, 2.75) is 32.7 Å². The van der Waals surface area contributed by atoms with E-state index >= 15 is 0 Å². The van der Waals surface area contributed by atoms with Gasteiger partial charge in [-0.15, -0.1) is 0 Å². The first-order valence-corrected chi connectivity index (χ1v) is 10.1. The lowest BCUT2D eigenvalue weighted by atomic mass is 10.0. The Morgan fingerprint density at radius 2 is 2.07 bits per heavy atom. The molecule has 1 fully saturated rings. The molecule has 1 aliphatic rings. The summed E-state index contributed by atoms with van der Waals surface area (Å²) in [5.41, 5.74) is 2.64. The standard InChI is InChI=1S/C21H36N4O2/c1-4-26-13-6-5-10-23-21(22-3)24-17-20(25-11-14-27-15-12-25)19-9-7-8-18(2)16-19/h7-9,16,20H,4-6,10-15,17H2,1-3H3,(H2,22,23,24). The molecular formula is C21H36N4O2. The van der Waals surface area contributed by atoms with Crippen molar-refractivity contribution in [3.63, 3.8) is 0 Å². The Hall–Kier alpha value is -1.63. The second kappa shape index (κ2) is 12.7. The fourth-order valence-electron chi connectivity index (χ4n) is 3.32. The Labute approximate surface area is 164 Å². The van der Waals surface area contributed by atoms with E-state index in [-0.39, 0.29) is 0 Å². The van der Waals surface area contributed by atoms with Crippen LogP contribution in [0, 0.1) is 6.92 Å². The summed E-state index contributed by atoms with van der Waals surface area (Å²) < 4.78 is 10.9. The Morgan fingerprint density at radius 3 is 2.78 bits per heavy atom. The van der Waals surface area contributed by atoms with E-state index in [1.54, 1.807) is 0 Å². The second-order valence-corrected chi connectivity index (χ2v) is 6.86. The summed E-state index contributed by atoms with van der Waals surface area (Å²) in [5.74, 6) is 0.859. The third kappa shape index (κ3) is 7.87. The molecule has 0 spiro atoms. The van der Waals surface area contributed by atoms with Crippen molar-refractivity contribution in [3.8, 4) is 0 Å². The van der Waals surface area contributed by atoms with Gasteiger partial charge < -0.3 is 20.1 Å². The van der Waals surface area contributed by atoms with Gasteiger partial charge in [0.2, 0.25) is 0 Å². The monoisotopic (exact) mass is 376 g/mol. The maximum Gasteiger partial charge on any atom is 0.191 e. The first-order valence-electron chi connectivity index (χ1n) is 10.1. The fraction of sp³-hybridized carbons (Fsp3) is 0.667. The Balaban J connectivity index is 1.88. The van der Waals surface area contributed by atoms with Crippen molar-refractivity contribution in [2.24, 2.45) is 4.99 Å². The summed E-state index contributed by atoms with van der Waals surface area (Å²) >= 11 is 0. The number of morpholine rings is 1. The molecule has 6 nitrogen and oxygen atoms in total. The molecular weight excluding hydrogens is 340 g/mol. The highest BCUT2D eigenvalue weighted by Gasteiger charge is 2.23. The normalized spacial score (nSPS) is 16.9. The van der Waals surface area contributed by atoms with Gasteiger partial charge >= 0.3 is 0 Å². The van der Waals surface area contributed by atoms with E-state index < -0.39 is 0 Å². The molecule has 27 heavy (non-hydrogen) atoms. The minimum Gasteiger partial charge on any atom is -0.382 e. The maximum atomic E-state index is 5.54. The molecule has 1 saturated heterocycles. The largest absolute Gasteiger partial charge is 0.382 e. The van der Waals surface area contributed by atoms with Crippen LogP contribution in [0.3, 0.4) is 0 Å². The van der Waals surface area contributed by atoms with E-state index in [0.717, 1.165) is 71.4 Å². The molecule has 6 heteroatoms. The maximum absolute atomic E-state index is 5.54. The van der Waals surface area contributed by atoms with Crippen LogP contribution >= 0.6 is 0 Å². The lowest BCUT2D eigenvalue weighted by Crippen LogP contribution is -2.46. The van der Waals surface area contributed by atoms with E-state index in [1.165, 1.54) is 11.1 Å². The average Bonchev–Trinajstić information content (AvgIpc) is 2.70. The SMILES string of the molecule is CCOCCCCNC(=NC)NCC(c1cccc(C)c1)N1CCOCC1. The predicted octanol–water partition coefficient (Wildman–Crippen LogP) is 2.35. The highest BCUT2D eigenvalue weighted by Crippen LogP contribution is 2.22. The van der Waals surface area contributed by atoms with Crippen molar-refractivity contribution >= 4 is 5.96 Å². The van der Waals surface area contributed by atoms with Gasteiger partial charge in [0.05, 0.1) is 19.3 Å². The third-order valence-electron chi connectivity index (χ3n) is 4.81. The van der Waals surface area contributed by atoms with Gasteiger partial charge in [0.25, 0.3) is 0 Å². The van der Waals surface area contributed by atoms with Gasteiger partial charge in [-0.2, -0.15) is 0 Å². The summed E-state index contributed by atoms with van der Waals surface area (Å²) in [6.07, 6.45) is 2.14. The van der Waals surface area contributed by atoms with Gasteiger partial charge in [-0.3, -0.25) is 9.89 Å². The lowest BCUT2D eigenvalue weighted by Gasteiger charge is -2.35. The number of rotatable bonds is 10. The zero-order valence-corrected chi connectivity index (χ0v) is 17.2. The fourth-order valence-corrected chi connectivity index (χ4v) is 3.32. The number of unbranched alkanes of at least 4 members (excludes halogenated alkanes) is 1. The highest BCUT2D eigenvalue weighted by molar-refractivity contribution is 5.79. The number of guanidine groups is 1. The molecule has 0 amide bonds. The number of hydrogen-bond donors (Lipinski definition) is 2. The smallest absolute Gasteiger partial charge is 0.191 e. The Kier molecular flexibility index (Phi) is 10.2. The van der Waals surface area contributed by atoms with Crippen LogP contribution in [0.1, 0.15) is 36.9 Å². The molecule has 0 radical (unpaired) electrons. The molecule has 2 rings (SSSR count). The van der Waals surface area contributed by atoms with E-state index in [2.05, 4.69) is 51.7 Å². The number of benzene rings is 1. The number of nitrogens with one attached hydrogen (secondary N) is 2. The molecule has 1 atom stereocenters. The average molecular weight is 377 g/mol. The molecule has 0 aliphatic carbocycles. The zero-order chi connectivity index (χ0) is 19.3. The van der Waals surface area contributed by atoms with Crippen LogP contribution < -0.4 is 10.6 Å². The first-order chi connectivity index (χ1) is 13.2. The minimum absolute atomic E-state index is 0.310. The summed E-state index contributed by atoms with van der Waals surface area (Å²) in [7, 11) is 1.83. The number of nitrogens with zero attached hydrogens (tertiary/aromatic N) is 2. The van der Waals surface area contributed by atoms with Crippen molar-refractivity contribution in [1.82, 2.24) is 15.5 Å². The first kappa shape index (κ1) is 21.7. The van der Waals surface area contributed by atoms with Gasteiger partial charge in [0.15, 0.2) is 5.96 Å². The molecule has 1 heterocycles. The quantitative estimate of drug-likeness (QED) is 0.373. The number of aliphatic imine (C=N–C) groups is 1. The third-order valence-corrected chi connectivity index (χ3v) is 4.81. The molecule has 2 N–H and O–H groups in total. The Bertz CT molecular complexity index is 559. The molecule has 1 aliphatic heterocycles. The van der Waals surface area contributed by atoms with Crippen molar-refractivity contribution in [1.29, 1.82) is 0 Å². The van der Waals surface area contributed by atoms with E-state index in [0.29, 0.717) is 6.04 Å². The molecule has 1 aromatic carbocycles. The summed E-state index contributed by atoms with van der Waals surface area (Å²) in [6, 6.07) is 9.11. The van der Waals surface area contributed by atoms with Crippen LogP contribution in [0.5, 0.6) is 0 Å². The molecule has 0 bridgehead atoms. The van der Waals surface area contributed by atoms with Crippen molar-refractivity contribution in [2.75, 3.05) is 59.7 Å². The molecule has 0 aromatic heterocycles. The number of aryl methyl sites for hydroxylation is 1. The summed E-state index contributed by atoms with van der Waals surface area (Å²) in [4.78, 5) is 6.87. The van der Waals surface area contributed by atoms with E-state index in [4.69, 9.17) is 9.47 Å². The summed E-state index contributed by atoms with van der Waals surface area (Å²) in [6.45, 7) is 11.0. The number of hydrogen-bond acceptors (Lipinski definition) is 4. The van der Waals surface area contributed by atoms with Gasteiger partial charge in [-0.25, -0.2) is 0 Å². The van der Waals surface area contributed by atoms with Gasteiger partial charge in [-0.05, 0) is 32.3 Å². The van der Waals surface area contributed by atoms with Crippen LogP contribution in [-0.4, -0.2) is 70.5 Å². The molecule has 0 saturated carbocycles. The van der Waals surface area contributed by atoms with Crippen molar-refractivity contribution in [3.05, 3.63) is 35.4 Å². The van der Waals surface area contributed by atoms with Crippen LogP contribution in [0.25, 0.3) is 0 Å². The lowest BCUT2D eigenvalue weighted by molar-refractivity contribution is 0.0170. The minimum atomic E-state index is 0.310. The second-order valence-electron chi connectivity index (χ2n) is 6.86. The van der Waals surface area contributed by atoms with E-state index in [1.807, 2.05) is 14.0 Å². The molecule has 152 valence electrons. The van der Waals surface area contributed by atoms with Crippen LogP contribution in [-0.2, 0) is 9.47 Å². The topological polar surface area (TPSA) is 58.1 Å². The van der Waals surface area contributed by atoms with E-state index in [9.17, 15) is 0 Å².